The molecule has 1 aromatic heterocycles. The minimum absolute atomic E-state index is 0.0333. The van der Waals surface area contributed by atoms with Crippen molar-refractivity contribution in [3.63, 3.8) is 0 Å². The van der Waals surface area contributed by atoms with Gasteiger partial charge in [0.15, 0.2) is 0 Å². The summed E-state index contributed by atoms with van der Waals surface area (Å²) in [6, 6.07) is 8.17. The SMILES string of the molecule is CN(Cc1c[nH]c2ccccc12)C(=O)CC(C)(C)C. The van der Waals surface area contributed by atoms with Crippen LogP contribution in [0, 0.1) is 5.41 Å². The summed E-state index contributed by atoms with van der Waals surface area (Å²) in [5.41, 5.74) is 2.32. The van der Waals surface area contributed by atoms with Gasteiger partial charge in [-0.05, 0) is 17.0 Å². The van der Waals surface area contributed by atoms with E-state index in [1.807, 2.05) is 25.4 Å². The number of hydrogen-bond donors (Lipinski definition) is 1. The number of rotatable bonds is 3. The molecule has 0 aliphatic carbocycles. The zero-order chi connectivity index (χ0) is 14.0. The Labute approximate surface area is 114 Å². The Bertz CT molecular complexity index is 578. The summed E-state index contributed by atoms with van der Waals surface area (Å²) in [6.45, 7) is 6.91. The van der Waals surface area contributed by atoms with Gasteiger partial charge in [0.1, 0.15) is 0 Å². The molecule has 1 amide bonds. The van der Waals surface area contributed by atoms with Crippen LogP contribution in [0.25, 0.3) is 10.9 Å². The van der Waals surface area contributed by atoms with Crippen LogP contribution in [0.2, 0.25) is 0 Å². The summed E-state index contributed by atoms with van der Waals surface area (Å²) in [5, 5.41) is 1.19. The van der Waals surface area contributed by atoms with Crippen molar-refractivity contribution in [2.75, 3.05) is 7.05 Å². The maximum absolute atomic E-state index is 12.1. The highest BCUT2D eigenvalue weighted by atomic mass is 16.2. The first kappa shape index (κ1) is 13.7. The number of benzene rings is 1. The molecule has 0 spiro atoms. The third-order valence-corrected chi connectivity index (χ3v) is 3.19. The minimum Gasteiger partial charge on any atom is -0.361 e. The number of nitrogens with one attached hydrogen (secondary N) is 1. The monoisotopic (exact) mass is 258 g/mol. The number of carbonyl (C=O) groups excluding carboxylic acids is 1. The van der Waals surface area contributed by atoms with Gasteiger partial charge < -0.3 is 9.88 Å². The van der Waals surface area contributed by atoms with Crippen LogP contribution in [0.1, 0.15) is 32.8 Å². The van der Waals surface area contributed by atoms with Crippen LogP contribution < -0.4 is 0 Å². The van der Waals surface area contributed by atoms with E-state index in [1.54, 1.807) is 4.90 Å². The van der Waals surface area contributed by atoms with Crippen molar-refractivity contribution >= 4 is 16.8 Å². The number of fused-ring (bicyclic) bond motifs is 1. The predicted octanol–water partition coefficient (Wildman–Crippen LogP) is 3.56. The first-order chi connectivity index (χ1) is 8.87. The number of carbonyl (C=O) groups is 1. The molecule has 19 heavy (non-hydrogen) atoms. The first-order valence-electron chi connectivity index (χ1n) is 6.66. The quantitative estimate of drug-likeness (QED) is 0.897. The van der Waals surface area contributed by atoms with Gasteiger partial charge in [-0.1, -0.05) is 39.0 Å². The Kier molecular flexibility index (Phi) is 3.65. The molecule has 0 unspecified atom stereocenters. The van der Waals surface area contributed by atoms with Gasteiger partial charge in [0.25, 0.3) is 0 Å². The molecule has 0 fully saturated rings. The number of para-hydroxylation sites is 1. The molecule has 0 aliphatic rings. The van der Waals surface area contributed by atoms with Crippen LogP contribution in [0.5, 0.6) is 0 Å². The summed E-state index contributed by atoms with van der Waals surface area (Å²) in [5.74, 6) is 0.192. The Morgan fingerprint density at radius 1 is 1.26 bits per heavy atom. The van der Waals surface area contributed by atoms with Gasteiger partial charge in [0, 0.05) is 37.1 Å². The molecular weight excluding hydrogens is 236 g/mol. The number of aromatic nitrogens is 1. The molecule has 102 valence electrons. The van der Waals surface area contributed by atoms with E-state index < -0.39 is 0 Å². The molecule has 2 rings (SSSR count). The smallest absolute Gasteiger partial charge is 0.223 e. The summed E-state index contributed by atoms with van der Waals surface area (Å²) in [6.07, 6.45) is 2.57. The maximum atomic E-state index is 12.1. The second-order valence-electron chi connectivity index (χ2n) is 6.35. The van der Waals surface area contributed by atoms with Gasteiger partial charge in [-0.15, -0.1) is 0 Å². The highest BCUT2D eigenvalue weighted by Crippen LogP contribution is 2.22. The Morgan fingerprint density at radius 2 is 1.95 bits per heavy atom. The van der Waals surface area contributed by atoms with Gasteiger partial charge in [-0.25, -0.2) is 0 Å². The van der Waals surface area contributed by atoms with Crippen LogP contribution in [0.4, 0.5) is 0 Å². The highest BCUT2D eigenvalue weighted by Gasteiger charge is 2.19. The summed E-state index contributed by atoms with van der Waals surface area (Å²) < 4.78 is 0. The lowest BCUT2D eigenvalue weighted by molar-refractivity contribution is -0.132. The Morgan fingerprint density at radius 3 is 2.63 bits per heavy atom. The molecule has 3 heteroatoms. The van der Waals surface area contributed by atoms with Gasteiger partial charge in [0.05, 0.1) is 0 Å². The molecule has 0 saturated carbocycles. The topological polar surface area (TPSA) is 36.1 Å². The van der Waals surface area contributed by atoms with Gasteiger partial charge in [-0.2, -0.15) is 0 Å². The predicted molar refractivity (Wildman–Crippen MR) is 78.8 cm³/mol. The van der Waals surface area contributed by atoms with Gasteiger partial charge >= 0.3 is 0 Å². The average molecular weight is 258 g/mol. The zero-order valence-electron chi connectivity index (χ0n) is 12.2. The molecule has 1 N–H and O–H groups in total. The van der Waals surface area contributed by atoms with E-state index in [4.69, 9.17) is 0 Å². The number of H-pyrrole nitrogens is 1. The molecule has 3 nitrogen and oxygen atoms in total. The van der Waals surface area contributed by atoms with Crippen LogP contribution >= 0.6 is 0 Å². The zero-order valence-corrected chi connectivity index (χ0v) is 12.2. The third-order valence-electron chi connectivity index (χ3n) is 3.19. The van der Waals surface area contributed by atoms with Crippen LogP contribution in [-0.4, -0.2) is 22.8 Å². The normalized spacial score (nSPS) is 11.8. The van der Waals surface area contributed by atoms with Crippen LogP contribution in [0.15, 0.2) is 30.5 Å². The lowest BCUT2D eigenvalue weighted by Crippen LogP contribution is -2.29. The van der Waals surface area contributed by atoms with Crippen molar-refractivity contribution < 1.29 is 4.79 Å². The van der Waals surface area contributed by atoms with Crippen LogP contribution in [-0.2, 0) is 11.3 Å². The standard InChI is InChI=1S/C16H22N2O/c1-16(2,3)9-15(19)18(4)11-12-10-17-14-8-6-5-7-13(12)14/h5-8,10,17H,9,11H2,1-4H3. The third kappa shape index (κ3) is 3.37. The molecule has 0 saturated heterocycles. The number of aromatic amines is 1. The second-order valence-corrected chi connectivity index (χ2v) is 6.35. The number of amides is 1. The lowest BCUT2D eigenvalue weighted by atomic mass is 9.91. The van der Waals surface area contributed by atoms with Crippen LogP contribution in [0.3, 0.4) is 0 Å². The second kappa shape index (κ2) is 5.08. The maximum Gasteiger partial charge on any atom is 0.223 e. The van der Waals surface area contributed by atoms with E-state index in [1.165, 1.54) is 10.9 Å². The van der Waals surface area contributed by atoms with E-state index in [9.17, 15) is 4.79 Å². The highest BCUT2D eigenvalue weighted by molar-refractivity contribution is 5.84. The summed E-state index contributed by atoms with van der Waals surface area (Å²) in [4.78, 5) is 17.2. The summed E-state index contributed by atoms with van der Waals surface area (Å²) >= 11 is 0. The molecule has 1 heterocycles. The van der Waals surface area contributed by atoms with E-state index in [0.717, 1.165) is 5.52 Å². The van der Waals surface area contributed by atoms with Crippen molar-refractivity contribution in [3.8, 4) is 0 Å². The number of hydrogen-bond acceptors (Lipinski definition) is 1. The Balaban J connectivity index is 2.10. The van der Waals surface area contributed by atoms with Crippen molar-refractivity contribution in [1.82, 2.24) is 9.88 Å². The van der Waals surface area contributed by atoms with Gasteiger partial charge in [-0.3, -0.25) is 4.79 Å². The molecular formula is C16H22N2O. The van der Waals surface area contributed by atoms with E-state index >= 15 is 0 Å². The molecule has 0 atom stereocenters. The fraction of sp³-hybridized carbons (Fsp3) is 0.438. The van der Waals surface area contributed by atoms with Crippen molar-refractivity contribution in [2.45, 2.75) is 33.7 Å². The largest absolute Gasteiger partial charge is 0.361 e. The number of nitrogens with zero attached hydrogens (tertiary/aromatic N) is 1. The van der Waals surface area contributed by atoms with Crippen molar-refractivity contribution in [1.29, 1.82) is 0 Å². The van der Waals surface area contributed by atoms with Crippen molar-refractivity contribution in [3.05, 3.63) is 36.0 Å². The fourth-order valence-corrected chi connectivity index (χ4v) is 2.19. The first-order valence-corrected chi connectivity index (χ1v) is 6.66. The molecule has 0 aliphatic heterocycles. The molecule has 0 bridgehead atoms. The molecule has 2 aromatic rings. The fourth-order valence-electron chi connectivity index (χ4n) is 2.19. The minimum atomic E-state index is 0.0333. The Hall–Kier alpha value is -1.77. The van der Waals surface area contributed by atoms with E-state index in [2.05, 4.69) is 37.9 Å². The lowest BCUT2D eigenvalue weighted by Gasteiger charge is -2.23. The van der Waals surface area contributed by atoms with Gasteiger partial charge in [0.2, 0.25) is 5.91 Å². The van der Waals surface area contributed by atoms with Crippen molar-refractivity contribution in [2.24, 2.45) is 5.41 Å². The van der Waals surface area contributed by atoms with E-state index in [-0.39, 0.29) is 11.3 Å². The average Bonchev–Trinajstić information content (AvgIpc) is 2.70. The molecule has 1 aromatic carbocycles. The summed E-state index contributed by atoms with van der Waals surface area (Å²) in [7, 11) is 1.87. The van der Waals surface area contributed by atoms with E-state index in [0.29, 0.717) is 13.0 Å². The molecule has 0 radical (unpaired) electrons.